The van der Waals surface area contributed by atoms with Crippen LogP contribution in [0.3, 0.4) is 0 Å². The number of fused-ring (bicyclic) bond motifs is 2. The van der Waals surface area contributed by atoms with Gasteiger partial charge in [0, 0.05) is 42.7 Å². The molecule has 16 heteroatoms. The summed E-state index contributed by atoms with van der Waals surface area (Å²) in [6, 6.07) is 28.5. The quantitative estimate of drug-likeness (QED) is 0.0909. The van der Waals surface area contributed by atoms with Crippen LogP contribution in [0, 0.1) is 0 Å². The van der Waals surface area contributed by atoms with Crippen LogP contribution in [0.25, 0.3) is 44.8 Å². The van der Waals surface area contributed by atoms with Gasteiger partial charge in [0.2, 0.25) is 0 Å². The van der Waals surface area contributed by atoms with E-state index in [2.05, 4.69) is 25.6 Å². The Morgan fingerprint density at radius 3 is 2.08 bits per heavy atom. The molecule has 2 fully saturated rings. The van der Waals surface area contributed by atoms with Crippen LogP contribution in [-0.2, 0) is 14.3 Å². The third-order valence-electron chi connectivity index (χ3n) is 11.8. The van der Waals surface area contributed by atoms with Gasteiger partial charge in [0.25, 0.3) is 5.91 Å². The van der Waals surface area contributed by atoms with Crippen molar-refractivity contribution in [2.75, 3.05) is 27.3 Å². The summed E-state index contributed by atoms with van der Waals surface area (Å²) < 4.78 is 9.72. The van der Waals surface area contributed by atoms with Crippen LogP contribution in [-0.4, -0.2) is 96.4 Å². The number of ether oxygens (including phenoxy) is 2. The number of nitrogens with one attached hydrogen (secondary N) is 4. The molecule has 0 bridgehead atoms. The van der Waals surface area contributed by atoms with Crippen molar-refractivity contribution in [1.29, 1.82) is 0 Å². The first-order chi connectivity index (χ1) is 30.3. The van der Waals surface area contributed by atoms with E-state index in [4.69, 9.17) is 24.4 Å². The number of methoxy groups -OCH3 is 2. The van der Waals surface area contributed by atoms with E-state index >= 15 is 0 Å². The second kappa shape index (κ2) is 17.4. The van der Waals surface area contributed by atoms with Crippen molar-refractivity contribution >= 4 is 40.4 Å². The second-order valence-corrected chi connectivity index (χ2v) is 15.5. The van der Waals surface area contributed by atoms with Gasteiger partial charge in [-0.1, -0.05) is 84.9 Å². The summed E-state index contributed by atoms with van der Waals surface area (Å²) in [5.74, 6) is 1.07. The largest absolute Gasteiger partial charge is 0.453 e. The molecule has 0 aliphatic carbocycles. The number of rotatable bonds is 11. The fraction of sp³-hybridized carbons (Fsp3) is 0.283. The first-order valence-electron chi connectivity index (χ1n) is 20.6. The summed E-state index contributed by atoms with van der Waals surface area (Å²) in [7, 11) is 2.58. The Hall–Kier alpha value is -7.17. The van der Waals surface area contributed by atoms with Crippen molar-refractivity contribution < 1.29 is 29.0 Å². The summed E-state index contributed by atoms with van der Waals surface area (Å²) in [5.41, 5.74) is 7.74. The third-order valence-corrected chi connectivity index (χ3v) is 11.8. The van der Waals surface area contributed by atoms with Gasteiger partial charge in [-0.25, -0.2) is 29.5 Å². The van der Waals surface area contributed by atoms with Gasteiger partial charge in [-0.2, -0.15) is 0 Å². The Morgan fingerprint density at radius 2 is 1.34 bits per heavy atom. The maximum Gasteiger partial charge on any atom is 0.407 e. The molecule has 3 amide bonds. The standard InChI is InChI=1S/C46H46N10O6/c1-61-45(59)51-37(28-11-5-3-6-12-28)43(57)55-21-9-15-35(55)32-24-34-40(48-26-32)53-39(49-34)30-19-17-27(18-20-30)31-23-33-41(47-25-31)54-42(50-33)36-16-10-22-56(36)44(58)38(52-46(60)62-2)29-13-7-4-8-14-29/h3-8,11-14,17-20,23-26,35-38,43,57H,9-10,15-16,21-22H2,1-2H3,(H,51,59)(H,52,60)(H,47,50,54)(H,48,49,53). The van der Waals surface area contributed by atoms with E-state index in [1.165, 1.54) is 14.2 Å². The molecule has 0 radical (unpaired) electrons. The van der Waals surface area contributed by atoms with Gasteiger partial charge in [-0.3, -0.25) is 9.69 Å². The first kappa shape index (κ1) is 40.2. The lowest BCUT2D eigenvalue weighted by Gasteiger charge is -2.35. The molecule has 5 N–H and O–H groups in total. The van der Waals surface area contributed by atoms with Crippen molar-refractivity contribution in [2.45, 2.75) is 56.1 Å². The van der Waals surface area contributed by atoms with E-state index in [9.17, 15) is 19.5 Å². The highest BCUT2D eigenvalue weighted by Crippen LogP contribution is 2.38. The number of aromatic nitrogens is 6. The Kier molecular flexibility index (Phi) is 11.3. The van der Waals surface area contributed by atoms with E-state index in [1.54, 1.807) is 11.1 Å². The van der Waals surface area contributed by atoms with Gasteiger partial charge in [0.15, 0.2) is 11.3 Å². The van der Waals surface area contributed by atoms with E-state index in [-0.39, 0.29) is 18.0 Å². The van der Waals surface area contributed by atoms with Crippen molar-refractivity contribution in [3.63, 3.8) is 0 Å². The highest BCUT2D eigenvalue weighted by Gasteiger charge is 2.38. The monoisotopic (exact) mass is 834 g/mol. The summed E-state index contributed by atoms with van der Waals surface area (Å²) >= 11 is 0. The Bertz CT molecular complexity index is 2710. The lowest BCUT2D eigenvalue weighted by atomic mass is 10.0. The molecule has 9 rings (SSSR count). The van der Waals surface area contributed by atoms with Crippen LogP contribution in [0.4, 0.5) is 9.59 Å². The lowest BCUT2D eigenvalue weighted by Crippen LogP contribution is -2.46. The van der Waals surface area contributed by atoms with Crippen LogP contribution in [0.1, 0.15) is 72.4 Å². The van der Waals surface area contributed by atoms with E-state index in [0.29, 0.717) is 48.0 Å². The Balaban J connectivity index is 0.909. The number of benzene rings is 3. The van der Waals surface area contributed by atoms with Crippen LogP contribution in [0.15, 0.2) is 109 Å². The molecule has 7 aromatic rings. The summed E-state index contributed by atoms with van der Waals surface area (Å²) in [4.78, 5) is 68.2. The van der Waals surface area contributed by atoms with Crippen molar-refractivity contribution in [3.8, 4) is 22.5 Å². The molecule has 2 aliphatic heterocycles. The number of carbonyl (C=O) groups excluding carboxylic acids is 3. The van der Waals surface area contributed by atoms with Crippen molar-refractivity contribution in [3.05, 3.63) is 132 Å². The number of H-pyrrole nitrogens is 2. The topological polar surface area (TPSA) is 204 Å². The minimum atomic E-state index is -1.01. The van der Waals surface area contributed by atoms with Crippen molar-refractivity contribution in [1.82, 2.24) is 50.3 Å². The molecule has 6 heterocycles. The van der Waals surface area contributed by atoms with Crippen LogP contribution in [0.5, 0.6) is 0 Å². The number of aromatic amines is 2. The summed E-state index contributed by atoms with van der Waals surface area (Å²) in [5, 5.41) is 17.2. The molecule has 2 aliphatic rings. The average molecular weight is 835 g/mol. The van der Waals surface area contributed by atoms with Gasteiger partial charge < -0.3 is 40.1 Å². The van der Waals surface area contributed by atoms with Crippen molar-refractivity contribution in [2.24, 2.45) is 0 Å². The summed E-state index contributed by atoms with van der Waals surface area (Å²) in [6.07, 6.45) is 4.48. The van der Waals surface area contributed by atoms with Gasteiger partial charge in [0.1, 0.15) is 23.9 Å². The van der Waals surface area contributed by atoms with E-state index in [1.807, 2.05) is 108 Å². The number of hydrogen-bond donors (Lipinski definition) is 5. The van der Waals surface area contributed by atoms with E-state index < -0.39 is 30.5 Å². The maximum atomic E-state index is 14.0. The molecule has 4 aromatic heterocycles. The van der Waals surface area contributed by atoms with E-state index in [0.717, 1.165) is 58.1 Å². The molecule has 3 aromatic carbocycles. The molecular weight excluding hydrogens is 789 g/mol. The molecule has 0 spiro atoms. The zero-order chi connectivity index (χ0) is 42.7. The Morgan fingerprint density at radius 1 is 0.710 bits per heavy atom. The zero-order valence-corrected chi connectivity index (χ0v) is 34.2. The molecule has 5 atom stereocenters. The highest BCUT2D eigenvalue weighted by atomic mass is 16.5. The predicted octanol–water partition coefficient (Wildman–Crippen LogP) is 6.88. The second-order valence-electron chi connectivity index (χ2n) is 15.5. The molecular formula is C46H46N10O6. The fourth-order valence-corrected chi connectivity index (χ4v) is 8.71. The fourth-order valence-electron chi connectivity index (χ4n) is 8.71. The number of imidazole rings is 2. The number of alkyl carbamates (subject to hydrolysis) is 2. The number of aliphatic hydroxyl groups is 1. The maximum absolute atomic E-state index is 14.0. The first-order valence-corrected chi connectivity index (χ1v) is 20.6. The lowest BCUT2D eigenvalue weighted by molar-refractivity contribution is -0.134. The van der Waals surface area contributed by atoms with Crippen LogP contribution in [0.2, 0.25) is 0 Å². The number of carbonyl (C=O) groups is 3. The normalized spacial score (nSPS) is 18.1. The average Bonchev–Trinajstić information content (AvgIpc) is 4.16. The van der Waals surface area contributed by atoms with Gasteiger partial charge in [-0.15, -0.1) is 0 Å². The SMILES string of the molecule is COC(=O)NC(C(=O)N1CCCC1c1nc2ncc(-c3ccc(-c4nc5ncc(C6CCCN6C(O)C(NC(=O)OC)c6ccccc6)cc5[nH]4)cc3)cc2[nH]1)c1ccccc1. The number of aliphatic hydroxyl groups excluding tert-OH is 1. The van der Waals surface area contributed by atoms with Gasteiger partial charge in [-0.05, 0) is 60.1 Å². The molecule has 62 heavy (non-hydrogen) atoms. The summed E-state index contributed by atoms with van der Waals surface area (Å²) in [6.45, 7) is 1.17. The molecule has 0 saturated carbocycles. The third kappa shape index (κ3) is 8.04. The number of amides is 3. The molecule has 316 valence electrons. The molecule has 5 unspecified atom stereocenters. The molecule has 2 saturated heterocycles. The minimum Gasteiger partial charge on any atom is -0.453 e. The zero-order valence-electron chi connectivity index (χ0n) is 34.2. The number of nitrogens with zero attached hydrogens (tertiary/aromatic N) is 6. The smallest absolute Gasteiger partial charge is 0.407 e. The number of hydrogen-bond acceptors (Lipinski definition) is 11. The van der Waals surface area contributed by atoms with Gasteiger partial charge >= 0.3 is 12.2 Å². The van der Waals surface area contributed by atoms with Gasteiger partial charge in [0.05, 0.1) is 37.3 Å². The Labute approximate surface area is 356 Å². The van der Waals surface area contributed by atoms with Crippen LogP contribution >= 0.6 is 0 Å². The molecule has 16 nitrogen and oxygen atoms in total. The number of pyridine rings is 2. The minimum absolute atomic E-state index is 0.127. The highest BCUT2D eigenvalue weighted by molar-refractivity contribution is 5.88. The number of likely N-dealkylation sites (tertiary alicyclic amines) is 2. The predicted molar refractivity (Wildman–Crippen MR) is 230 cm³/mol. The van der Waals surface area contributed by atoms with Crippen LogP contribution < -0.4 is 10.6 Å².